The fourth-order valence-corrected chi connectivity index (χ4v) is 1.87. The van der Waals surface area contributed by atoms with Crippen LogP contribution in [0, 0.1) is 5.92 Å². The number of allylic oxidation sites excluding steroid dienone is 2. The van der Waals surface area contributed by atoms with Crippen molar-refractivity contribution >= 4 is 10.2 Å². The van der Waals surface area contributed by atoms with Gasteiger partial charge < -0.3 is 0 Å². The summed E-state index contributed by atoms with van der Waals surface area (Å²) < 4.78 is 0. The van der Waals surface area contributed by atoms with Crippen molar-refractivity contribution < 1.29 is 13.5 Å². The van der Waals surface area contributed by atoms with Crippen molar-refractivity contribution in [2.75, 3.05) is 0 Å². The molecular formula is C8H13ClNi. The predicted octanol–water partition coefficient (Wildman–Crippen LogP) is 3.39. The van der Waals surface area contributed by atoms with Crippen LogP contribution in [0.5, 0.6) is 0 Å². The maximum atomic E-state index is 5.47. The fourth-order valence-electron chi connectivity index (χ4n) is 1.41. The fraction of sp³-hybridized carbons (Fsp3) is 0.750. The van der Waals surface area contributed by atoms with E-state index in [1.807, 2.05) is 0 Å². The zero-order valence-electron chi connectivity index (χ0n) is 5.96. The van der Waals surface area contributed by atoms with Gasteiger partial charge in [-0.1, -0.05) is 0 Å². The van der Waals surface area contributed by atoms with Crippen molar-refractivity contribution in [3.8, 4) is 0 Å². The summed E-state index contributed by atoms with van der Waals surface area (Å²) in [6.07, 6.45) is 10.2. The number of hydrogen-bond donors (Lipinski definition) is 0. The first kappa shape index (κ1) is 8.62. The molecule has 0 bridgehead atoms. The SMILES string of the molecule is [Cl][Ni][CH2]C=CC1CCCC1. The third-order valence-corrected chi connectivity index (χ3v) is 2.72. The summed E-state index contributed by atoms with van der Waals surface area (Å²) in [7, 11) is 5.47. The van der Waals surface area contributed by atoms with Crippen molar-refractivity contribution in [1.82, 2.24) is 0 Å². The Kier molecular flexibility index (Phi) is 4.49. The molecule has 1 aliphatic rings. The second-order valence-electron chi connectivity index (χ2n) is 2.69. The van der Waals surface area contributed by atoms with E-state index in [-0.39, 0.29) is 0 Å². The molecule has 0 radical (unpaired) electrons. The van der Waals surface area contributed by atoms with Crippen molar-refractivity contribution in [3.05, 3.63) is 12.2 Å². The van der Waals surface area contributed by atoms with E-state index in [4.69, 9.17) is 10.2 Å². The summed E-state index contributed by atoms with van der Waals surface area (Å²) in [5.41, 5.74) is 0. The van der Waals surface area contributed by atoms with Crippen LogP contribution in [0.4, 0.5) is 0 Å². The van der Waals surface area contributed by atoms with Crippen molar-refractivity contribution in [2.45, 2.75) is 31.1 Å². The molecule has 0 aliphatic heterocycles. The molecule has 10 heavy (non-hydrogen) atoms. The third-order valence-electron chi connectivity index (χ3n) is 1.93. The van der Waals surface area contributed by atoms with Gasteiger partial charge in [-0.2, -0.15) is 0 Å². The topological polar surface area (TPSA) is 0 Å². The molecule has 0 aromatic heterocycles. The molecule has 0 aromatic rings. The summed E-state index contributed by atoms with van der Waals surface area (Å²) in [4.78, 5) is 0. The van der Waals surface area contributed by atoms with Gasteiger partial charge in [0.25, 0.3) is 0 Å². The molecular weight excluding hydrogens is 190 g/mol. The first-order valence-corrected chi connectivity index (χ1v) is 5.79. The van der Waals surface area contributed by atoms with Gasteiger partial charge in [-0.05, 0) is 0 Å². The predicted molar refractivity (Wildman–Crippen MR) is 41.8 cm³/mol. The molecule has 1 aliphatic carbocycles. The molecule has 0 nitrogen and oxygen atoms in total. The molecule has 2 heteroatoms. The molecule has 0 heterocycles. The summed E-state index contributed by atoms with van der Waals surface area (Å²) in [5.74, 6) is 0.868. The number of halogens is 1. The van der Waals surface area contributed by atoms with Crippen molar-refractivity contribution in [2.24, 2.45) is 5.92 Å². The van der Waals surface area contributed by atoms with Gasteiger partial charge in [-0.3, -0.25) is 0 Å². The van der Waals surface area contributed by atoms with Gasteiger partial charge in [0.1, 0.15) is 0 Å². The quantitative estimate of drug-likeness (QED) is 0.487. The zero-order chi connectivity index (χ0) is 7.23. The van der Waals surface area contributed by atoms with Gasteiger partial charge in [0, 0.05) is 0 Å². The molecule has 0 aromatic carbocycles. The Bertz CT molecular complexity index is 106. The molecule has 1 rings (SSSR count). The average Bonchev–Trinajstić information content (AvgIpc) is 2.41. The maximum absolute atomic E-state index is 5.47. The second kappa shape index (κ2) is 5.21. The molecule has 0 saturated heterocycles. The Morgan fingerprint density at radius 2 is 2.10 bits per heavy atom. The molecule has 0 amide bonds. The molecule has 1 saturated carbocycles. The first-order valence-electron chi connectivity index (χ1n) is 3.73. The van der Waals surface area contributed by atoms with Crippen LogP contribution in [-0.2, 0) is 13.5 Å². The van der Waals surface area contributed by atoms with Crippen LogP contribution in [0.1, 0.15) is 25.7 Å². The van der Waals surface area contributed by atoms with Crippen molar-refractivity contribution in [1.29, 1.82) is 0 Å². The Balaban J connectivity index is 2.10. The van der Waals surface area contributed by atoms with E-state index >= 15 is 0 Å². The first-order chi connectivity index (χ1) is 4.93. The Morgan fingerprint density at radius 3 is 2.70 bits per heavy atom. The number of rotatable bonds is 3. The van der Waals surface area contributed by atoms with E-state index in [1.165, 1.54) is 39.2 Å². The molecule has 1 fully saturated rings. The van der Waals surface area contributed by atoms with Crippen LogP contribution >= 0.6 is 10.2 Å². The van der Waals surface area contributed by atoms with Crippen LogP contribution < -0.4 is 0 Å². The van der Waals surface area contributed by atoms with E-state index < -0.39 is 0 Å². The van der Waals surface area contributed by atoms with E-state index in [2.05, 4.69) is 12.2 Å². The molecule has 0 spiro atoms. The summed E-state index contributed by atoms with van der Waals surface area (Å²) in [5, 5.41) is 0.977. The van der Waals surface area contributed by atoms with Crippen LogP contribution in [0.3, 0.4) is 0 Å². The van der Waals surface area contributed by atoms with Crippen LogP contribution in [0.25, 0.3) is 0 Å². The van der Waals surface area contributed by atoms with Gasteiger partial charge in [0.15, 0.2) is 0 Å². The zero-order valence-corrected chi connectivity index (χ0v) is 7.71. The number of hydrogen-bond acceptors (Lipinski definition) is 0. The summed E-state index contributed by atoms with van der Waals surface area (Å²) in [6.45, 7) is 0. The van der Waals surface area contributed by atoms with E-state index in [1.54, 1.807) is 0 Å². The standard InChI is InChI=1S/C8H13.ClH.Ni/c1-2-5-8-6-3-4-7-8;;/h2,5,8H,1,3-4,6-7H2;1H;/q;;+1/p-1. The third kappa shape index (κ3) is 3.08. The minimum absolute atomic E-state index is 0.868. The second-order valence-corrected chi connectivity index (χ2v) is 4.05. The normalized spacial score (nSPS) is 21.3. The van der Waals surface area contributed by atoms with E-state index in [0.717, 1.165) is 11.3 Å². The summed E-state index contributed by atoms with van der Waals surface area (Å²) >= 11 is 1.22. The van der Waals surface area contributed by atoms with Crippen LogP contribution in [0.2, 0.25) is 5.39 Å². The minimum atomic E-state index is 0.868. The van der Waals surface area contributed by atoms with E-state index in [9.17, 15) is 0 Å². The molecule has 62 valence electrons. The average molecular weight is 203 g/mol. The molecule has 0 N–H and O–H groups in total. The van der Waals surface area contributed by atoms with Gasteiger partial charge in [0.05, 0.1) is 0 Å². The Hall–Kier alpha value is 0.524. The van der Waals surface area contributed by atoms with Gasteiger partial charge in [-0.25, -0.2) is 0 Å². The summed E-state index contributed by atoms with van der Waals surface area (Å²) in [6, 6.07) is 0. The monoisotopic (exact) mass is 202 g/mol. The molecule has 0 unspecified atom stereocenters. The van der Waals surface area contributed by atoms with Gasteiger partial charge in [0.2, 0.25) is 0 Å². The van der Waals surface area contributed by atoms with Crippen molar-refractivity contribution in [3.63, 3.8) is 0 Å². The molecule has 0 atom stereocenters. The van der Waals surface area contributed by atoms with E-state index in [0.29, 0.717) is 0 Å². The Labute approximate surface area is 73.1 Å². The van der Waals surface area contributed by atoms with Gasteiger partial charge >= 0.3 is 72.9 Å². The van der Waals surface area contributed by atoms with Crippen LogP contribution in [0.15, 0.2) is 12.2 Å². The van der Waals surface area contributed by atoms with Crippen LogP contribution in [-0.4, -0.2) is 0 Å². The Morgan fingerprint density at radius 1 is 1.40 bits per heavy atom. The van der Waals surface area contributed by atoms with Gasteiger partial charge in [-0.15, -0.1) is 0 Å².